The molecule has 0 radical (unpaired) electrons. The number of esters is 2. The van der Waals surface area contributed by atoms with E-state index in [2.05, 4.69) is 62.8 Å². The SMILES string of the molecule is CCCCCCC(=O)c1ccc2c(c1)c1ccc(OC(=O)CCCC(=O)Oc3ccc(C(=O)c4ccc5c(c4)c4cc(C(=O)CCCCC)ccc4n5CC(CC)CCCC)cc3)cc1n2CC(CC)CCCC. The van der Waals surface area contributed by atoms with E-state index in [0.29, 0.717) is 52.9 Å². The smallest absolute Gasteiger partial charge is 0.311 e. The average Bonchev–Trinajstić information content (AvgIpc) is 3.89. The normalized spacial score (nSPS) is 12.5. The first kappa shape index (κ1) is 55.4. The van der Waals surface area contributed by atoms with Crippen molar-refractivity contribution in [3.63, 3.8) is 0 Å². The molecule has 0 saturated heterocycles. The molecule has 0 amide bonds. The number of ether oxygens (including phenoxy) is 2. The van der Waals surface area contributed by atoms with Gasteiger partial charge in [-0.3, -0.25) is 24.0 Å². The second kappa shape index (κ2) is 27.3. The Labute approximate surface area is 439 Å². The Morgan fingerprint density at radius 3 is 1.35 bits per heavy atom. The van der Waals surface area contributed by atoms with Crippen LogP contribution < -0.4 is 9.47 Å². The van der Waals surface area contributed by atoms with Crippen LogP contribution in [0.4, 0.5) is 0 Å². The monoisotopic (exact) mass is 1000 g/mol. The average molecular weight is 1000 g/mol. The Balaban J connectivity index is 0.991. The first-order valence-electron chi connectivity index (χ1n) is 28.2. The summed E-state index contributed by atoms with van der Waals surface area (Å²) in [6.07, 6.45) is 17.6. The Morgan fingerprint density at radius 2 is 0.824 bits per heavy atom. The molecule has 0 aliphatic carbocycles. The van der Waals surface area contributed by atoms with Crippen molar-refractivity contribution >= 4 is 72.9 Å². The molecule has 5 aromatic carbocycles. The second-order valence-corrected chi connectivity index (χ2v) is 20.7. The van der Waals surface area contributed by atoms with E-state index in [0.717, 1.165) is 152 Å². The van der Waals surface area contributed by atoms with Crippen molar-refractivity contribution in [2.45, 2.75) is 183 Å². The second-order valence-electron chi connectivity index (χ2n) is 20.7. The lowest BCUT2D eigenvalue weighted by atomic mass is 9.99. The summed E-state index contributed by atoms with van der Waals surface area (Å²) in [6, 6.07) is 30.3. The standard InChI is InChI=1S/C65H80N2O7/c1-7-13-17-19-24-62(69)48-29-36-57-54(39-48)53-35-34-52(42-60(53)67(57)44-46(12-6)22-16-10-4)74-64(71)26-20-25-63(70)73-51-32-27-47(28-33-51)65(72)50-31-38-59-56(41-50)55-40-49(61(68)23-18-14-8-2)30-37-58(55)66(59)43-45(11-5)21-15-9-3/h27-42,45-46H,7-26,43-44H2,1-6H3. The summed E-state index contributed by atoms with van der Waals surface area (Å²) in [5, 5.41) is 3.98. The number of benzene rings is 5. The molecule has 0 bridgehead atoms. The van der Waals surface area contributed by atoms with Gasteiger partial charge in [-0.2, -0.15) is 0 Å². The number of ketones is 3. The van der Waals surface area contributed by atoms with Crippen molar-refractivity contribution < 1.29 is 33.4 Å². The van der Waals surface area contributed by atoms with Crippen LogP contribution in [0, 0.1) is 11.8 Å². The minimum absolute atomic E-state index is 0.0101. The van der Waals surface area contributed by atoms with Gasteiger partial charge in [-0.05, 0) is 135 Å². The lowest BCUT2D eigenvalue weighted by Gasteiger charge is -2.17. The predicted molar refractivity (Wildman–Crippen MR) is 302 cm³/mol. The summed E-state index contributed by atoms with van der Waals surface area (Å²) >= 11 is 0. The number of rotatable bonds is 31. The van der Waals surface area contributed by atoms with Crippen LogP contribution in [0.2, 0.25) is 0 Å². The van der Waals surface area contributed by atoms with E-state index in [1.54, 1.807) is 24.3 Å². The number of carbonyl (C=O) groups excluding carboxylic acids is 5. The molecule has 0 N–H and O–H groups in total. The first-order valence-corrected chi connectivity index (χ1v) is 28.2. The van der Waals surface area contributed by atoms with Crippen LogP contribution in [-0.2, 0) is 22.7 Å². The molecule has 74 heavy (non-hydrogen) atoms. The summed E-state index contributed by atoms with van der Waals surface area (Å²) in [5.41, 5.74) is 6.59. The van der Waals surface area contributed by atoms with Crippen LogP contribution >= 0.6 is 0 Å². The summed E-state index contributed by atoms with van der Waals surface area (Å²) in [6.45, 7) is 14.9. The molecular formula is C65H80N2O7. The molecule has 0 spiro atoms. The van der Waals surface area contributed by atoms with Gasteiger partial charge < -0.3 is 18.6 Å². The topological polar surface area (TPSA) is 114 Å². The maximum absolute atomic E-state index is 14.0. The highest BCUT2D eigenvalue weighted by molar-refractivity contribution is 6.16. The van der Waals surface area contributed by atoms with Gasteiger partial charge in [-0.25, -0.2) is 0 Å². The van der Waals surface area contributed by atoms with Crippen molar-refractivity contribution in [3.8, 4) is 11.5 Å². The Morgan fingerprint density at radius 1 is 0.392 bits per heavy atom. The van der Waals surface area contributed by atoms with Gasteiger partial charge >= 0.3 is 11.9 Å². The highest BCUT2D eigenvalue weighted by Crippen LogP contribution is 2.36. The molecule has 0 saturated carbocycles. The van der Waals surface area contributed by atoms with E-state index in [9.17, 15) is 24.0 Å². The lowest BCUT2D eigenvalue weighted by Crippen LogP contribution is -2.12. The number of fused-ring (bicyclic) bond motifs is 6. The molecule has 2 heterocycles. The first-order chi connectivity index (χ1) is 36.0. The fraction of sp³-hybridized carbons (Fsp3) is 0.462. The number of aromatic nitrogens is 2. The third-order valence-electron chi connectivity index (χ3n) is 15.2. The molecule has 0 aliphatic rings. The van der Waals surface area contributed by atoms with Crippen LogP contribution in [0.1, 0.15) is 207 Å². The van der Waals surface area contributed by atoms with E-state index >= 15 is 0 Å². The fourth-order valence-corrected chi connectivity index (χ4v) is 10.6. The van der Waals surface area contributed by atoms with Crippen molar-refractivity contribution in [1.29, 1.82) is 0 Å². The van der Waals surface area contributed by atoms with Crippen LogP contribution in [0.25, 0.3) is 43.6 Å². The van der Waals surface area contributed by atoms with E-state index in [-0.39, 0.29) is 36.6 Å². The maximum atomic E-state index is 14.0. The zero-order valence-electron chi connectivity index (χ0n) is 45.2. The van der Waals surface area contributed by atoms with Gasteiger partial charge in [-0.1, -0.05) is 112 Å². The molecule has 2 atom stereocenters. The quantitative estimate of drug-likeness (QED) is 0.0184. The summed E-state index contributed by atoms with van der Waals surface area (Å²) in [5.74, 6) is 0.976. The van der Waals surface area contributed by atoms with Gasteiger partial charge in [0.05, 0.1) is 5.52 Å². The molecule has 9 heteroatoms. The number of carbonyl (C=O) groups is 5. The molecule has 0 aliphatic heterocycles. The van der Waals surface area contributed by atoms with Crippen LogP contribution in [0.15, 0.2) is 97.1 Å². The number of Topliss-reactive ketones (excluding diaryl/α,β-unsaturated/α-hetero) is 2. The van der Waals surface area contributed by atoms with E-state index in [4.69, 9.17) is 9.47 Å². The highest BCUT2D eigenvalue weighted by atomic mass is 16.5. The molecule has 392 valence electrons. The Kier molecular flexibility index (Phi) is 20.4. The summed E-state index contributed by atoms with van der Waals surface area (Å²) in [7, 11) is 0. The molecule has 2 unspecified atom stereocenters. The van der Waals surface area contributed by atoms with E-state index in [1.165, 1.54) is 6.42 Å². The van der Waals surface area contributed by atoms with Gasteiger partial charge in [0.1, 0.15) is 11.5 Å². The molecular weight excluding hydrogens is 921 g/mol. The third-order valence-corrected chi connectivity index (χ3v) is 15.2. The lowest BCUT2D eigenvalue weighted by molar-refractivity contribution is -0.136. The van der Waals surface area contributed by atoms with E-state index < -0.39 is 11.9 Å². The number of unbranched alkanes of at least 4 members (excludes halogenated alkanes) is 7. The molecule has 2 aromatic heterocycles. The van der Waals surface area contributed by atoms with Crippen molar-refractivity contribution in [2.75, 3.05) is 0 Å². The number of nitrogens with zero attached hydrogens (tertiary/aromatic N) is 2. The van der Waals surface area contributed by atoms with Crippen molar-refractivity contribution in [1.82, 2.24) is 9.13 Å². The Bertz CT molecular complexity index is 3050. The highest BCUT2D eigenvalue weighted by Gasteiger charge is 2.21. The predicted octanol–water partition coefficient (Wildman–Crippen LogP) is 17.2. The van der Waals surface area contributed by atoms with Crippen LogP contribution in [0.5, 0.6) is 11.5 Å². The van der Waals surface area contributed by atoms with Gasteiger partial charge in [0.25, 0.3) is 0 Å². The van der Waals surface area contributed by atoms with Crippen LogP contribution in [-0.4, -0.2) is 38.4 Å². The zero-order valence-corrected chi connectivity index (χ0v) is 45.2. The molecule has 7 aromatic rings. The van der Waals surface area contributed by atoms with Gasteiger partial charge in [0.15, 0.2) is 17.3 Å². The van der Waals surface area contributed by atoms with Crippen molar-refractivity contribution in [2.24, 2.45) is 11.8 Å². The number of hydrogen-bond acceptors (Lipinski definition) is 7. The third kappa shape index (κ3) is 13.9. The molecule has 7 rings (SSSR count). The summed E-state index contributed by atoms with van der Waals surface area (Å²) in [4.78, 5) is 66.8. The number of hydrogen-bond donors (Lipinski definition) is 0. The largest absolute Gasteiger partial charge is 0.427 e. The maximum Gasteiger partial charge on any atom is 0.311 e. The van der Waals surface area contributed by atoms with Gasteiger partial charge in [0.2, 0.25) is 0 Å². The minimum atomic E-state index is -0.486. The molecule has 0 fully saturated rings. The minimum Gasteiger partial charge on any atom is -0.427 e. The van der Waals surface area contributed by atoms with Crippen LogP contribution in [0.3, 0.4) is 0 Å². The Hall–Kier alpha value is -6.35. The van der Waals surface area contributed by atoms with E-state index in [1.807, 2.05) is 60.7 Å². The zero-order chi connectivity index (χ0) is 52.6. The van der Waals surface area contributed by atoms with Gasteiger partial charge in [0, 0.05) is 105 Å². The van der Waals surface area contributed by atoms with Gasteiger partial charge in [-0.15, -0.1) is 0 Å². The molecule has 9 nitrogen and oxygen atoms in total. The van der Waals surface area contributed by atoms with Crippen molar-refractivity contribution in [3.05, 3.63) is 119 Å². The summed E-state index contributed by atoms with van der Waals surface area (Å²) < 4.78 is 16.2. The fourth-order valence-electron chi connectivity index (χ4n) is 10.6.